The molecule has 0 saturated carbocycles. The van der Waals surface area contributed by atoms with Gasteiger partial charge in [-0.3, -0.25) is 4.98 Å². The van der Waals surface area contributed by atoms with E-state index in [-0.39, 0.29) is 5.97 Å². The summed E-state index contributed by atoms with van der Waals surface area (Å²) in [4.78, 5) is 16.9. The molecule has 0 radical (unpaired) electrons. The second-order valence-corrected chi connectivity index (χ2v) is 6.14. The smallest absolute Gasteiger partial charge is 0.339 e. The maximum absolute atomic E-state index is 12.1. The van der Waals surface area contributed by atoms with Gasteiger partial charge in [-0.2, -0.15) is 0 Å². The molecule has 24 heavy (non-hydrogen) atoms. The SMILES string of the molecule is CCOC(=O)c1cc2c(nc1C)/C(=C\c1ccccc1)CCCC2. The van der Waals surface area contributed by atoms with Crippen LogP contribution in [0.1, 0.15) is 59.1 Å². The van der Waals surface area contributed by atoms with Crippen LogP contribution in [0.5, 0.6) is 0 Å². The van der Waals surface area contributed by atoms with Crippen molar-refractivity contribution in [1.82, 2.24) is 4.98 Å². The highest BCUT2D eigenvalue weighted by Gasteiger charge is 2.19. The summed E-state index contributed by atoms with van der Waals surface area (Å²) in [5.41, 5.74) is 5.98. The first-order chi connectivity index (χ1) is 11.7. The molecule has 1 heterocycles. The van der Waals surface area contributed by atoms with Crippen molar-refractivity contribution in [2.45, 2.75) is 39.5 Å². The topological polar surface area (TPSA) is 39.2 Å². The van der Waals surface area contributed by atoms with Gasteiger partial charge in [0.2, 0.25) is 0 Å². The van der Waals surface area contributed by atoms with Crippen LogP contribution in [0.25, 0.3) is 11.6 Å². The Morgan fingerprint density at radius 1 is 1.21 bits per heavy atom. The first-order valence-corrected chi connectivity index (χ1v) is 8.62. The van der Waals surface area contributed by atoms with Crippen molar-refractivity contribution in [2.75, 3.05) is 6.61 Å². The molecular weight excluding hydrogens is 298 g/mol. The molecule has 0 amide bonds. The molecule has 0 fully saturated rings. The molecule has 0 unspecified atom stereocenters. The molecule has 1 aliphatic rings. The Bertz CT molecular complexity index is 763. The Morgan fingerprint density at radius 3 is 2.71 bits per heavy atom. The normalized spacial score (nSPS) is 15.7. The molecule has 0 bridgehead atoms. The van der Waals surface area contributed by atoms with Gasteiger partial charge in [0.05, 0.1) is 23.6 Å². The minimum Gasteiger partial charge on any atom is -0.462 e. The van der Waals surface area contributed by atoms with Crippen LogP contribution in [0.2, 0.25) is 0 Å². The summed E-state index contributed by atoms with van der Waals surface area (Å²) in [7, 11) is 0. The lowest BCUT2D eigenvalue weighted by molar-refractivity contribution is 0.0525. The van der Waals surface area contributed by atoms with Crippen LogP contribution in [0.15, 0.2) is 36.4 Å². The zero-order chi connectivity index (χ0) is 16.9. The van der Waals surface area contributed by atoms with Gasteiger partial charge in [0.15, 0.2) is 0 Å². The molecule has 0 spiro atoms. The van der Waals surface area contributed by atoms with E-state index < -0.39 is 0 Å². The highest BCUT2D eigenvalue weighted by Crippen LogP contribution is 2.31. The number of carbonyl (C=O) groups excluding carboxylic acids is 1. The minimum absolute atomic E-state index is 0.275. The number of rotatable bonds is 3. The predicted octanol–water partition coefficient (Wildman–Crippen LogP) is 4.83. The molecule has 1 aromatic carbocycles. The Kier molecular flexibility index (Phi) is 5.09. The fourth-order valence-corrected chi connectivity index (χ4v) is 3.17. The lowest BCUT2D eigenvalue weighted by Crippen LogP contribution is -2.10. The number of hydrogen-bond acceptors (Lipinski definition) is 3. The van der Waals surface area contributed by atoms with Crippen molar-refractivity contribution in [2.24, 2.45) is 0 Å². The van der Waals surface area contributed by atoms with Crippen molar-refractivity contribution in [3.63, 3.8) is 0 Å². The maximum atomic E-state index is 12.1. The van der Waals surface area contributed by atoms with E-state index in [2.05, 4.69) is 18.2 Å². The molecule has 0 N–H and O–H groups in total. The van der Waals surface area contributed by atoms with E-state index in [0.717, 1.165) is 42.6 Å². The van der Waals surface area contributed by atoms with E-state index in [1.807, 2.05) is 38.1 Å². The number of esters is 1. The van der Waals surface area contributed by atoms with Crippen molar-refractivity contribution >= 4 is 17.6 Å². The molecule has 124 valence electrons. The van der Waals surface area contributed by atoms with Crippen molar-refractivity contribution in [3.05, 3.63) is 64.5 Å². The lowest BCUT2D eigenvalue weighted by atomic mass is 9.99. The van der Waals surface area contributed by atoms with E-state index in [4.69, 9.17) is 9.72 Å². The fraction of sp³-hybridized carbons (Fsp3) is 0.333. The van der Waals surface area contributed by atoms with Crippen molar-refractivity contribution in [1.29, 1.82) is 0 Å². The van der Waals surface area contributed by atoms with E-state index in [1.54, 1.807) is 0 Å². The third-order valence-corrected chi connectivity index (χ3v) is 4.37. The van der Waals surface area contributed by atoms with Gasteiger partial charge in [0, 0.05) is 0 Å². The lowest BCUT2D eigenvalue weighted by Gasteiger charge is -2.13. The second-order valence-electron chi connectivity index (χ2n) is 6.14. The molecule has 1 aliphatic carbocycles. The van der Waals surface area contributed by atoms with Gasteiger partial charge >= 0.3 is 5.97 Å². The average molecular weight is 321 g/mol. The molecule has 3 heteroatoms. The number of carbonyl (C=O) groups is 1. The number of aryl methyl sites for hydroxylation is 2. The number of benzene rings is 1. The van der Waals surface area contributed by atoms with Crippen LogP contribution in [0.4, 0.5) is 0 Å². The van der Waals surface area contributed by atoms with E-state index in [0.29, 0.717) is 12.2 Å². The Morgan fingerprint density at radius 2 is 1.96 bits per heavy atom. The highest BCUT2D eigenvalue weighted by molar-refractivity contribution is 5.92. The minimum atomic E-state index is -0.275. The number of fused-ring (bicyclic) bond motifs is 1. The van der Waals surface area contributed by atoms with Crippen LogP contribution in [-0.4, -0.2) is 17.6 Å². The van der Waals surface area contributed by atoms with Gasteiger partial charge in [-0.1, -0.05) is 30.3 Å². The monoisotopic (exact) mass is 321 g/mol. The van der Waals surface area contributed by atoms with Gasteiger partial charge in [-0.05, 0) is 68.4 Å². The highest BCUT2D eigenvalue weighted by atomic mass is 16.5. The van der Waals surface area contributed by atoms with Crippen LogP contribution in [0, 0.1) is 6.92 Å². The number of pyridine rings is 1. The predicted molar refractivity (Wildman–Crippen MR) is 96.8 cm³/mol. The number of aromatic nitrogens is 1. The van der Waals surface area contributed by atoms with Gasteiger partial charge < -0.3 is 4.74 Å². The van der Waals surface area contributed by atoms with Crippen LogP contribution >= 0.6 is 0 Å². The van der Waals surface area contributed by atoms with Gasteiger partial charge in [-0.15, -0.1) is 0 Å². The summed E-state index contributed by atoms with van der Waals surface area (Å²) in [5.74, 6) is -0.275. The number of hydrogen-bond donors (Lipinski definition) is 0. The standard InChI is InChI=1S/C21H23NO2/c1-3-24-21(23)19-14-18-12-8-7-11-17(20(18)22-15(19)2)13-16-9-5-4-6-10-16/h4-6,9-10,13-14H,3,7-8,11-12H2,1-2H3/b17-13-. The van der Waals surface area contributed by atoms with E-state index >= 15 is 0 Å². The molecule has 2 aromatic rings. The molecule has 1 aromatic heterocycles. The van der Waals surface area contributed by atoms with E-state index in [1.165, 1.54) is 11.1 Å². The summed E-state index contributed by atoms with van der Waals surface area (Å²) >= 11 is 0. The zero-order valence-corrected chi connectivity index (χ0v) is 14.3. The van der Waals surface area contributed by atoms with E-state index in [9.17, 15) is 4.79 Å². The summed E-state index contributed by atoms with van der Waals surface area (Å²) in [6.45, 7) is 4.09. The largest absolute Gasteiger partial charge is 0.462 e. The zero-order valence-electron chi connectivity index (χ0n) is 14.3. The Balaban J connectivity index is 2.05. The number of allylic oxidation sites excluding steroid dienone is 1. The quantitative estimate of drug-likeness (QED) is 0.600. The van der Waals surface area contributed by atoms with Crippen LogP contribution in [0.3, 0.4) is 0 Å². The third kappa shape index (κ3) is 3.56. The Hall–Kier alpha value is -2.42. The number of nitrogens with zero attached hydrogens (tertiary/aromatic N) is 1. The molecule has 0 atom stereocenters. The summed E-state index contributed by atoms with van der Waals surface area (Å²) in [6, 6.07) is 12.3. The molecule has 3 nitrogen and oxygen atoms in total. The van der Waals surface area contributed by atoms with Gasteiger partial charge in [0.25, 0.3) is 0 Å². The first kappa shape index (κ1) is 16.4. The van der Waals surface area contributed by atoms with Crippen LogP contribution < -0.4 is 0 Å². The fourth-order valence-electron chi connectivity index (χ4n) is 3.17. The van der Waals surface area contributed by atoms with Gasteiger partial charge in [0.1, 0.15) is 0 Å². The summed E-state index contributed by atoms with van der Waals surface area (Å²) in [5, 5.41) is 0. The summed E-state index contributed by atoms with van der Waals surface area (Å²) < 4.78 is 5.16. The van der Waals surface area contributed by atoms with Crippen molar-refractivity contribution in [3.8, 4) is 0 Å². The Labute approximate surface area is 143 Å². The molecule has 3 rings (SSSR count). The van der Waals surface area contributed by atoms with Crippen molar-refractivity contribution < 1.29 is 9.53 Å². The molecular formula is C21H23NO2. The maximum Gasteiger partial charge on any atom is 0.339 e. The van der Waals surface area contributed by atoms with Gasteiger partial charge in [-0.25, -0.2) is 4.79 Å². The third-order valence-electron chi connectivity index (χ3n) is 4.37. The molecule has 0 saturated heterocycles. The second kappa shape index (κ2) is 7.43. The molecule has 0 aliphatic heterocycles. The average Bonchev–Trinajstić information content (AvgIpc) is 2.77. The van der Waals surface area contributed by atoms with Crippen LogP contribution in [-0.2, 0) is 11.2 Å². The first-order valence-electron chi connectivity index (χ1n) is 8.62. The summed E-state index contributed by atoms with van der Waals surface area (Å²) in [6.07, 6.45) is 6.46. The number of ether oxygens (including phenoxy) is 1.